The van der Waals surface area contributed by atoms with Crippen molar-refractivity contribution in [3.63, 3.8) is 0 Å². The van der Waals surface area contributed by atoms with Gasteiger partial charge >= 0.3 is 0 Å². The first-order chi connectivity index (χ1) is 12.4. The molecule has 3 rings (SSSR count). The molecule has 0 radical (unpaired) electrons. The Morgan fingerprint density at radius 1 is 1.19 bits per heavy atom. The minimum atomic E-state index is -0.269. The van der Waals surface area contributed by atoms with E-state index < -0.39 is 0 Å². The number of likely N-dealkylation sites (N-methyl/N-ethyl adjacent to an activating group) is 2. The lowest BCUT2D eigenvalue weighted by Crippen LogP contribution is -2.50. The third-order valence-corrected chi connectivity index (χ3v) is 5.00. The van der Waals surface area contributed by atoms with Crippen LogP contribution in [0.4, 0.5) is 11.5 Å². The van der Waals surface area contributed by atoms with Crippen molar-refractivity contribution in [3.05, 3.63) is 51.0 Å². The average molecular weight is 420 g/mol. The number of nitrogens with zero attached hydrogens (tertiary/aromatic N) is 4. The van der Waals surface area contributed by atoms with E-state index in [9.17, 15) is 9.59 Å². The molecule has 1 aromatic heterocycles. The van der Waals surface area contributed by atoms with Gasteiger partial charge in [0, 0.05) is 38.6 Å². The molecule has 2 heterocycles. The molecule has 1 aliphatic rings. The molecule has 0 saturated carbocycles. The number of aromatic nitrogens is 2. The highest BCUT2D eigenvalue weighted by atomic mass is 79.9. The molecule has 1 amide bonds. The largest absolute Gasteiger partial charge is 0.340 e. The summed E-state index contributed by atoms with van der Waals surface area (Å²) in [4.78, 5) is 33.0. The van der Waals surface area contributed by atoms with E-state index in [1.54, 1.807) is 13.2 Å². The lowest BCUT2D eigenvalue weighted by molar-refractivity contribution is -0.140. The zero-order valence-corrected chi connectivity index (χ0v) is 16.7. The maximum absolute atomic E-state index is 12.7. The third kappa shape index (κ3) is 3.66. The number of hydrogen-bond acceptors (Lipinski definition) is 5. The molecule has 26 heavy (non-hydrogen) atoms. The van der Waals surface area contributed by atoms with Crippen LogP contribution in [0.1, 0.15) is 18.5 Å². The van der Waals surface area contributed by atoms with Crippen LogP contribution in [-0.2, 0) is 11.8 Å². The van der Waals surface area contributed by atoms with E-state index in [1.807, 2.05) is 43.1 Å². The Balaban J connectivity index is 1.83. The van der Waals surface area contributed by atoms with E-state index in [-0.39, 0.29) is 23.3 Å². The van der Waals surface area contributed by atoms with Crippen molar-refractivity contribution in [2.45, 2.75) is 13.0 Å². The normalized spacial score (nSPS) is 18.2. The van der Waals surface area contributed by atoms with Gasteiger partial charge in [0.2, 0.25) is 5.91 Å². The Morgan fingerprint density at radius 3 is 2.54 bits per heavy atom. The van der Waals surface area contributed by atoms with Gasteiger partial charge < -0.3 is 14.8 Å². The van der Waals surface area contributed by atoms with Crippen LogP contribution >= 0.6 is 15.9 Å². The highest BCUT2D eigenvalue weighted by Gasteiger charge is 2.32. The number of aryl methyl sites for hydroxylation is 1. The fraction of sp³-hybridized carbons (Fsp3) is 0.389. The molecule has 1 unspecified atom stereocenters. The maximum atomic E-state index is 12.7. The molecule has 8 heteroatoms. The summed E-state index contributed by atoms with van der Waals surface area (Å²) in [7, 11) is 3.64. The van der Waals surface area contributed by atoms with Gasteiger partial charge in [0.05, 0.1) is 0 Å². The van der Waals surface area contributed by atoms with Crippen molar-refractivity contribution in [2.75, 3.05) is 32.0 Å². The molecule has 1 aromatic carbocycles. The highest BCUT2D eigenvalue weighted by molar-refractivity contribution is 9.10. The number of rotatable bonds is 4. The molecule has 138 valence electrons. The second kappa shape index (κ2) is 7.59. The summed E-state index contributed by atoms with van der Waals surface area (Å²) in [5, 5.41) is 3.04. The summed E-state index contributed by atoms with van der Waals surface area (Å²) in [6.07, 6.45) is 1.61. The van der Waals surface area contributed by atoms with Crippen molar-refractivity contribution in [3.8, 4) is 0 Å². The summed E-state index contributed by atoms with van der Waals surface area (Å²) < 4.78 is 2.04. The van der Waals surface area contributed by atoms with Gasteiger partial charge in [-0.1, -0.05) is 12.1 Å². The summed E-state index contributed by atoms with van der Waals surface area (Å²) in [6, 6.07) is 7.30. The van der Waals surface area contributed by atoms with E-state index in [2.05, 4.69) is 31.1 Å². The van der Waals surface area contributed by atoms with Crippen LogP contribution < -0.4 is 10.9 Å². The van der Waals surface area contributed by atoms with E-state index in [0.717, 1.165) is 30.9 Å². The van der Waals surface area contributed by atoms with E-state index in [1.165, 1.54) is 4.57 Å². The number of benzene rings is 1. The topological polar surface area (TPSA) is 70.5 Å². The number of piperazine rings is 1. The quantitative estimate of drug-likeness (QED) is 0.821. The van der Waals surface area contributed by atoms with E-state index >= 15 is 0 Å². The Bertz CT molecular complexity index is 865. The second-order valence-electron chi connectivity index (χ2n) is 6.38. The fourth-order valence-electron chi connectivity index (χ4n) is 3.13. The van der Waals surface area contributed by atoms with Gasteiger partial charge in [-0.05, 0) is 47.6 Å². The van der Waals surface area contributed by atoms with Crippen molar-refractivity contribution >= 4 is 33.3 Å². The highest BCUT2D eigenvalue weighted by Crippen LogP contribution is 2.26. The van der Waals surface area contributed by atoms with Gasteiger partial charge in [-0.3, -0.25) is 14.5 Å². The van der Waals surface area contributed by atoms with Crippen molar-refractivity contribution in [2.24, 2.45) is 7.05 Å². The first kappa shape index (κ1) is 18.6. The Morgan fingerprint density at radius 2 is 1.88 bits per heavy atom. The van der Waals surface area contributed by atoms with Crippen LogP contribution in [0.15, 0.2) is 39.9 Å². The summed E-state index contributed by atoms with van der Waals surface area (Å²) in [5.74, 6) is 0.377. The van der Waals surface area contributed by atoms with Gasteiger partial charge in [-0.25, -0.2) is 4.98 Å². The Labute approximate surface area is 160 Å². The van der Waals surface area contributed by atoms with Crippen molar-refractivity contribution in [1.82, 2.24) is 19.4 Å². The number of hydrogen-bond donors (Lipinski definition) is 1. The van der Waals surface area contributed by atoms with E-state index in [0.29, 0.717) is 4.60 Å². The minimum absolute atomic E-state index is 0.129. The fourth-order valence-corrected chi connectivity index (χ4v) is 3.61. The third-order valence-electron chi connectivity index (χ3n) is 4.62. The SMILES string of the molecule is CCN1CCN(C)C(c2ccc(Nc3nc(Br)cn(C)c3=O)cc2)C1=O. The van der Waals surface area contributed by atoms with Gasteiger partial charge in [-0.15, -0.1) is 0 Å². The van der Waals surface area contributed by atoms with Crippen molar-refractivity contribution < 1.29 is 4.79 Å². The maximum Gasteiger partial charge on any atom is 0.293 e. The monoisotopic (exact) mass is 419 g/mol. The lowest BCUT2D eigenvalue weighted by Gasteiger charge is -2.38. The van der Waals surface area contributed by atoms with Crippen LogP contribution in [0.3, 0.4) is 0 Å². The molecule has 7 nitrogen and oxygen atoms in total. The van der Waals surface area contributed by atoms with Gasteiger partial charge in [-0.2, -0.15) is 0 Å². The zero-order chi connectivity index (χ0) is 18.8. The Kier molecular flexibility index (Phi) is 5.43. The van der Waals surface area contributed by atoms with Crippen LogP contribution in [0.25, 0.3) is 0 Å². The van der Waals surface area contributed by atoms with E-state index in [4.69, 9.17) is 0 Å². The molecule has 0 spiro atoms. The van der Waals surface area contributed by atoms with Gasteiger partial charge in [0.1, 0.15) is 10.6 Å². The van der Waals surface area contributed by atoms with Crippen LogP contribution in [0.5, 0.6) is 0 Å². The predicted octanol–water partition coefficient (Wildman–Crippen LogP) is 2.12. The number of halogens is 1. The molecule has 1 fully saturated rings. The molecule has 1 N–H and O–H groups in total. The van der Waals surface area contributed by atoms with Gasteiger partial charge in [0.15, 0.2) is 5.82 Å². The average Bonchev–Trinajstić information content (AvgIpc) is 2.61. The molecule has 0 bridgehead atoms. The molecule has 1 aliphatic heterocycles. The minimum Gasteiger partial charge on any atom is -0.340 e. The molecule has 1 saturated heterocycles. The summed E-state index contributed by atoms with van der Waals surface area (Å²) in [5.41, 5.74) is 1.48. The number of carbonyl (C=O) groups is 1. The number of anilines is 2. The second-order valence-corrected chi connectivity index (χ2v) is 7.19. The number of amides is 1. The van der Waals surface area contributed by atoms with Crippen LogP contribution in [-0.4, -0.2) is 51.9 Å². The molecular formula is C18H22BrN5O2. The first-order valence-corrected chi connectivity index (χ1v) is 9.29. The molecule has 0 aliphatic carbocycles. The van der Waals surface area contributed by atoms with Crippen molar-refractivity contribution in [1.29, 1.82) is 0 Å². The first-order valence-electron chi connectivity index (χ1n) is 8.50. The predicted molar refractivity (Wildman–Crippen MR) is 105 cm³/mol. The number of nitrogens with one attached hydrogen (secondary N) is 1. The number of carbonyl (C=O) groups excluding carboxylic acids is 1. The summed E-state index contributed by atoms with van der Waals surface area (Å²) in [6.45, 7) is 4.33. The van der Waals surface area contributed by atoms with Crippen LogP contribution in [0.2, 0.25) is 0 Å². The van der Waals surface area contributed by atoms with Gasteiger partial charge in [0.25, 0.3) is 5.56 Å². The van der Waals surface area contributed by atoms with Crippen LogP contribution in [0, 0.1) is 0 Å². The standard InChI is InChI=1S/C18H22BrN5O2/c1-4-24-10-9-22(2)15(17(24)25)12-5-7-13(8-6-12)20-16-18(26)23(3)11-14(19)21-16/h5-8,11,15H,4,9-10H2,1-3H3,(H,20,21). The molecule has 1 atom stereocenters. The Hall–Kier alpha value is -2.19. The summed E-state index contributed by atoms with van der Waals surface area (Å²) >= 11 is 3.29. The molecule has 2 aromatic rings. The zero-order valence-electron chi connectivity index (χ0n) is 15.1. The molecular weight excluding hydrogens is 398 g/mol. The smallest absolute Gasteiger partial charge is 0.293 e. The lowest BCUT2D eigenvalue weighted by atomic mass is 10.0.